The second-order valence-electron chi connectivity index (χ2n) is 6.60. The van der Waals surface area contributed by atoms with E-state index in [0.717, 1.165) is 34.3 Å². The van der Waals surface area contributed by atoms with Crippen LogP contribution in [0.25, 0.3) is 0 Å². The number of hydrogen-bond donors (Lipinski definition) is 0. The van der Waals surface area contributed by atoms with Gasteiger partial charge in [0, 0.05) is 18.7 Å². The predicted molar refractivity (Wildman–Crippen MR) is 97.1 cm³/mol. The molecule has 8 nitrogen and oxygen atoms in total. The highest BCUT2D eigenvalue weighted by Crippen LogP contribution is 2.32. The molecule has 0 aliphatic carbocycles. The molecule has 3 aromatic rings. The van der Waals surface area contributed by atoms with Crippen molar-refractivity contribution in [3.8, 4) is 11.5 Å². The first-order valence-electron chi connectivity index (χ1n) is 8.83. The normalized spacial score (nSPS) is 12.6. The van der Waals surface area contributed by atoms with Crippen LogP contribution in [0.5, 0.6) is 11.5 Å². The monoisotopic (exact) mass is 367 g/mol. The number of hydrogen-bond acceptors (Lipinski definition) is 6. The Morgan fingerprint density at radius 3 is 2.78 bits per heavy atom. The Morgan fingerprint density at radius 2 is 2.00 bits per heavy atom. The second-order valence-corrected chi connectivity index (χ2v) is 6.60. The van der Waals surface area contributed by atoms with Crippen LogP contribution in [0.3, 0.4) is 0 Å². The predicted octanol–water partition coefficient (Wildman–Crippen LogP) is 2.31. The molecular weight excluding hydrogens is 346 g/mol. The van der Waals surface area contributed by atoms with Crippen LogP contribution < -0.4 is 9.47 Å². The zero-order chi connectivity index (χ0) is 19.0. The Balaban J connectivity index is 1.48. The minimum Gasteiger partial charge on any atom is -0.454 e. The van der Waals surface area contributed by atoms with Gasteiger partial charge < -0.3 is 9.47 Å². The van der Waals surface area contributed by atoms with E-state index in [2.05, 4.69) is 15.2 Å². The Kier molecular flexibility index (Phi) is 4.39. The smallest absolute Gasteiger partial charge is 0.231 e. The van der Waals surface area contributed by atoms with Gasteiger partial charge in [-0.05, 0) is 38.5 Å². The van der Waals surface area contributed by atoms with Crippen LogP contribution >= 0.6 is 0 Å². The average Bonchev–Trinajstić information content (AvgIpc) is 3.32. The highest BCUT2D eigenvalue weighted by atomic mass is 16.7. The maximum absolute atomic E-state index is 11.8. The number of carbonyl (C=O) groups excluding carboxylic acids is 1. The Hall–Kier alpha value is -3.16. The van der Waals surface area contributed by atoms with E-state index in [-0.39, 0.29) is 12.6 Å². The summed E-state index contributed by atoms with van der Waals surface area (Å²) in [6, 6.07) is 5.88. The minimum absolute atomic E-state index is 0.0437. The fraction of sp³-hybridized carbons (Fsp3) is 0.368. The molecule has 0 N–H and O–H groups in total. The number of aryl methyl sites for hydroxylation is 3. The van der Waals surface area contributed by atoms with E-state index in [1.165, 1.54) is 0 Å². The topological polar surface area (TPSA) is 84.1 Å². The number of ketones is 1. The molecule has 2 aromatic heterocycles. The van der Waals surface area contributed by atoms with Gasteiger partial charge in [-0.3, -0.25) is 9.48 Å². The number of Topliss-reactive ketones (excluding diaryl/α,β-unsaturated/α-hetero) is 1. The first-order chi connectivity index (χ1) is 13.0. The molecule has 3 heterocycles. The van der Waals surface area contributed by atoms with E-state index >= 15 is 0 Å². The lowest BCUT2D eigenvalue weighted by Crippen LogP contribution is -2.12. The fourth-order valence-electron chi connectivity index (χ4n) is 3.46. The zero-order valence-electron chi connectivity index (χ0n) is 15.6. The number of nitrogens with zero attached hydrogens (tertiary/aromatic N) is 5. The van der Waals surface area contributed by atoms with Gasteiger partial charge in [-0.25, -0.2) is 9.67 Å². The van der Waals surface area contributed by atoms with Crippen LogP contribution in [-0.4, -0.2) is 37.1 Å². The number of benzene rings is 1. The molecule has 0 bridgehead atoms. The summed E-state index contributed by atoms with van der Waals surface area (Å²) in [7, 11) is 0. The summed E-state index contributed by atoms with van der Waals surface area (Å²) < 4.78 is 14.5. The second kappa shape index (κ2) is 6.86. The minimum atomic E-state index is 0.0437. The van der Waals surface area contributed by atoms with Gasteiger partial charge in [0.25, 0.3) is 0 Å². The van der Waals surface area contributed by atoms with Crippen molar-refractivity contribution in [3.63, 3.8) is 0 Å². The SMILES string of the molecule is CC(=O)c1c(C)nn(CCc2ncnn2Cc2ccc3c(c2)OCO3)c1C. The van der Waals surface area contributed by atoms with Crippen LogP contribution in [0.4, 0.5) is 0 Å². The third-order valence-electron chi connectivity index (χ3n) is 4.75. The average molecular weight is 367 g/mol. The molecular formula is C19H21N5O3. The quantitative estimate of drug-likeness (QED) is 0.622. The van der Waals surface area contributed by atoms with E-state index in [9.17, 15) is 4.79 Å². The Labute approximate surface area is 156 Å². The van der Waals surface area contributed by atoms with Crippen molar-refractivity contribution in [2.45, 2.75) is 40.3 Å². The number of rotatable bonds is 6. The lowest BCUT2D eigenvalue weighted by molar-refractivity contribution is 0.101. The van der Waals surface area contributed by atoms with E-state index in [0.29, 0.717) is 25.1 Å². The van der Waals surface area contributed by atoms with Gasteiger partial charge in [-0.1, -0.05) is 6.07 Å². The summed E-state index contributed by atoms with van der Waals surface area (Å²) in [5.41, 5.74) is 3.43. The molecule has 1 aliphatic rings. The molecule has 8 heteroatoms. The highest BCUT2D eigenvalue weighted by molar-refractivity contribution is 5.96. The standard InChI is InChI=1S/C19H21N5O3/c1-12-19(14(3)25)13(2)23(22-12)7-6-18-20-10-21-24(18)9-15-4-5-16-17(8-15)27-11-26-16/h4-5,8,10H,6-7,9,11H2,1-3H3. The molecule has 1 aliphatic heterocycles. The van der Waals surface area contributed by atoms with Crippen molar-refractivity contribution in [3.05, 3.63) is 52.9 Å². The third kappa shape index (κ3) is 3.30. The molecule has 0 saturated heterocycles. The largest absolute Gasteiger partial charge is 0.454 e. The van der Waals surface area contributed by atoms with Gasteiger partial charge in [0.15, 0.2) is 17.3 Å². The molecule has 0 spiro atoms. The van der Waals surface area contributed by atoms with Gasteiger partial charge >= 0.3 is 0 Å². The maximum atomic E-state index is 11.8. The fourth-order valence-corrected chi connectivity index (χ4v) is 3.46. The summed E-state index contributed by atoms with van der Waals surface area (Å²) in [6.45, 7) is 6.86. The first-order valence-corrected chi connectivity index (χ1v) is 8.83. The van der Waals surface area contributed by atoms with Crippen LogP contribution in [0, 0.1) is 13.8 Å². The summed E-state index contributed by atoms with van der Waals surface area (Å²) >= 11 is 0. The molecule has 0 radical (unpaired) electrons. The molecule has 0 amide bonds. The van der Waals surface area contributed by atoms with Gasteiger partial charge in [0.2, 0.25) is 6.79 Å². The number of fused-ring (bicyclic) bond motifs is 1. The number of ether oxygens (including phenoxy) is 2. The molecule has 0 unspecified atom stereocenters. The van der Waals surface area contributed by atoms with Gasteiger partial charge in [-0.15, -0.1) is 0 Å². The Bertz CT molecular complexity index is 1000. The van der Waals surface area contributed by atoms with E-state index in [1.54, 1.807) is 13.3 Å². The first kappa shape index (κ1) is 17.3. The van der Waals surface area contributed by atoms with Gasteiger partial charge in [0.1, 0.15) is 12.2 Å². The molecule has 1 aromatic carbocycles. The van der Waals surface area contributed by atoms with Crippen molar-refractivity contribution in [2.24, 2.45) is 0 Å². The van der Waals surface area contributed by atoms with E-state index in [4.69, 9.17) is 9.47 Å². The van der Waals surface area contributed by atoms with Crippen molar-refractivity contribution in [1.29, 1.82) is 0 Å². The highest BCUT2D eigenvalue weighted by Gasteiger charge is 2.17. The zero-order valence-corrected chi connectivity index (χ0v) is 15.6. The van der Waals surface area contributed by atoms with Gasteiger partial charge in [-0.2, -0.15) is 10.2 Å². The number of aromatic nitrogens is 5. The summed E-state index contributed by atoms with van der Waals surface area (Å²) in [6.07, 6.45) is 2.23. The number of carbonyl (C=O) groups is 1. The molecule has 0 atom stereocenters. The van der Waals surface area contributed by atoms with Crippen LogP contribution in [-0.2, 0) is 19.5 Å². The third-order valence-corrected chi connectivity index (χ3v) is 4.75. The summed E-state index contributed by atoms with van der Waals surface area (Å²) in [4.78, 5) is 16.2. The molecule has 0 fully saturated rings. The lowest BCUT2D eigenvalue weighted by Gasteiger charge is -2.08. The van der Waals surface area contributed by atoms with E-state index in [1.807, 2.05) is 41.4 Å². The molecule has 0 saturated carbocycles. The molecule has 27 heavy (non-hydrogen) atoms. The molecule has 140 valence electrons. The summed E-state index contributed by atoms with van der Waals surface area (Å²) in [5.74, 6) is 2.43. The molecule has 4 rings (SSSR count). The summed E-state index contributed by atoms with van der Waals surface area (Å²) in [5, 5.41) is 8.83. The van der Waals surface area contributed by atoms with Crippen molar-refractivity contribution in [1.82, 2.24) is 24.5 Å². The van der Waals surface area contributed by atoms with E-state index < -0.39 is 0 Å². The Morgan fingerprint density at radius 1 is 1.19 bits per heavy atom. The van der Waals surface area contributed by atoms with Gasteiger partial charge in [0.05, 0.1) is 17.8 Å². The van der Waals surface area contributed by atoms with Crippen LogP contribution in [0.15, 0.2) is 24.5 Å². The van der Waals surface area contributed by atoms with Crippen LogP contribution in [0.2, 0.25) is 0 Å². The van der Waals surface area contributed by atoms with Crippen molar-refractivity contribution in [2.75, 3.05) is 6.79 Å². The van der Waals surface area contributed by atoms with Crippen molar-refractivity contribution >= 4 is 5.78 Å². The lowest BCUT2D eigenvalue weighted by atomic mass is 10.1. The van der Waals surface area contributed by atoms with Crippen LogP contribution in [0.1, 0.15) is 40.1 Å². The maximum Gasteiger partial charge on any atom is 0.231 e. The van der Waals surface area contributed by atoms with Crippen molar-refractivity contribution < 1.29 is 14.3 Å².